The van der Waals surface area contributed by atoms with Gasteiger partial charge in [0.1, 0.15) is 11.5 Å². The van der Waals surface area contributed by atoms with Gasteiger partial charge in [0.05, 0.1) is 11.1 Å². The molecule has 0 aromatic heterocycles. The van der Waals surface area contributed by atoms with Gasteiger partial charge >= 0.3 is 11.9 Å². The van der Waals surface area contributed by atoms with E-state index in [2.05, 4.69) is 0 Å². The fraction of sp³-hybridized carbons (Fsp3) is 0.0400. The zero-order valence-corrected chi connectivity index (χ0v) is 15.6. The quantitative estimate of drug-likeness (QED) is 0.518. The van der Waals surface area contributed by atoms with E-state index in [1.165, 1.54) is 0 Å². The summed E-state index contributed by atoms with van der Waals surface area (Å²) in [6, 6.07) is 20.7. The van der Waals surface area contributed by atoms with E-state index in [9.17, 15) is 9.59 Å². The van der Waals surface area contributed by atoms with Gasteiger partial charge in [0.15, 0.2) is 0 Å². The molecular formula is C25H16O4. The van der Waals surface area contributed by atoms with Gasteiger partial charge in [-0.2, -0.15) is 0 Å². The van der Waals surface area contributed by atoms with Crippen molar-refractivity contribution in [2.75, 3.05) is 0 Å². The summed E-state index contributed by atoms with van der Waals surface area (Å²) in [5.74, 6) is 0.0509. The van der Waals surface area contributed by atoms with Crippen LogP contribution in [0.2, 0.25) is 0 Å². The molecule has 3 aromatic rings. The Balaban J connectivity index is 1.66. The minimum atomic E-state index is -0.417. The molecule has 0 spiro atoms. The fourth-order valence-electron chi connectivity index (χ4n) is 3.65. The third-order valence-electron chi connectivity index (χ3n) is 5.02. The highest BCUT2D eigenvalue weighted by Crippen LogP contribution is 2.25. The Labute approximate surface area is 167 Å². The average Bonchev–Trinajstić information content (AvgIpc) is 3.19. The van der Waals surface area contributed by atoms with Crippen LogP contribution < -0.4 is 19.9 Å². The molecule has 4 nitrogen and oxygen atoms in total. The first-order valence-corrected chi connectivity index (χ1v) is 9.27. The lowest BCUT2D eigenvalue weighted by molar-refractivity contribution is -0.128. The van der Waals surface area contributed by atoms with Crippen LogP contribution in [0.25, 0.3) is 17.2 Å². The molecule has 4 heteroatoms. The van der Waals surface area contributed by atoms with Gasteiger partial charge in [-0.3, -0.25) is 0 Å². The topological polar surface area (TPSA) is 52.6 Å². The van der Waals surface area contributed by atoms with Crippen LogP contribution in [0.1, 0.15) is 16.7 Å². The number of carbonyl (C=O) groups is 2. The minimum absolute atomic E-state index is 0.405. The summed E-state index contributed by atoms with van der Waals surface area (Å²) >= 11 is 0. The molecule has 2 aliphatic heterocycles. The number of aryl methyl sites for hydroxylation is 1. The van der Waals surface area contributed by atoms with Crippen molar-refractivity contribution in [3.63, 3.8) is 0 Å². The smallest absolute Gasteiger partial charge is 0.344 e. The molecule has 0 aliphatic carbocycles. The molecule has 0 unspecified atom stereocenters. The van der Waals surface area contributed by atoms with Crippen LogP contribution in [0.15, 0.2) is 72.8 Å². The summed E-state index contributed by atoms with van der Waals surface area (Å²) in [7, 11) is 0. The van der Waals surface area contributed by atoms with E-state index in [1.54, 1.807) is 18.2 Å². The molecule has 140 valence electrons. The van der Waals surface area contributed by atoms with Crippen LogP contribution in [0.3, 0.4) is 0 Å². The van der Waals surface area contributed by atoms with Gasteiger partial charge in [-0.25, -0.2) is 9.59 Å². The van der Waals surface area contributed by atoms with Crippen molar-refractivity contribution >= 4 is 29.2 Å². The molecule has 5 rings (SSSR count). The predicted octanol–water partition coefficient (Wildman–Crippen LogP) is 2.90. The van der Waals surface area contributed by atoms with E-state index in [-0.39, 0.29) is 0 Å². The molecule has 2 heterocycles. The van der Waals surface area contributed by atoms with E-state index in [1.807, 2.05) is 67.6 Å². The van der Waals surface area contributed by atoms with Crippen molar-refractivity contribution in [3.8, 4) is 11.5 Å². The second-order valence-electron chi connectivity index (χ2n) is 7.03. The SMILES string of the molecule is Cc1cccc(C=CC2=c3cc4c(cc3OC2=O)=C(c2ccccc2)C(=O)O4)c1. The Morgan fingerprint density at radius 3 is 2.24 bits per heavy atom. The highest BCUT2D eigenvalue weighted by atomic mass is 16.5. The lowest BCUT2D eigenvalue weighted by atomic mass is 10.0. The lowest BCUT2D eigenvalue weighted by Crippen LogP contribution is -2.10. The van der Waals surface area contributed by atoms with Crippen LogP contribution >= 0.6 is 0 Å². The number of carbonyl (C=O) groups excluding carboxylic acids is 2. The highest BCUT2D eigenvalue weighted by molar-refractivity contribution is 6.20. The van der Waals surface area contributed by atoms with Crippen molar-refractivity contribution in [1.82, 2.24) is 0 Å². The van der Waals surface area contributed by atoms with Crippen LogP contribution in [0.5, 0.6) is 11.5 Å². The molecule has 0 atom stereocenters. The van der Waals surface area contributed by atoms with Gasteiger partial charge in [0, 0.05) is 10.4 Å². The third kappa shape index (κ3) is 2.95. The maximum atomic E-state index is 12.5. The maximum Gasteiger partial charge on any atom is 0.344 e. The monoisotopic (exact) mass is 380 g/mol. The van der Waals surface area contributed by atoms with Crippen molar-refractivity contribution < 1.29 is 19.1 Å². The largest absolute Gasteiger partial charge is 0.422 e. The van der Waals surface area contributed by atoms with Gasteiger partial charge in [-0.15, -0.1) is 0 Å². The van der Waals surface area contributed by atoms with Crippen molar-refractivity contribution in [2.45, 2.75) is 6.92 Å². The Morgan fingerprint density at radius 2 is 1.45 bits per heavy atom. The van der Waals surface area contributed by atoms with Gasteiger partial charge in [-0.1, -0.05) is 66.2 Å². The summed E-state index contributed by atoms with van der Waals surface area (Å²) < 4.78 is 10.9. The number of rotatable bonds is 3. The first-order chi connectivity index (χ1) is 14.1. The number of ether oxygens (including phenoxy) is 2. The Morgan fingerprint density at radius 1 is 0.724 bits per heavy atom. The van der Waals surface area contributed by atoms with Crippen LogP contribution in [-0.2, 0) is 9.59 Å². The van der Waals surface area contributed by atoms with E-state index < -0.39 is 11.9 Å². The molecule has 0 radical (unpaired) electrons. The predicted molar refractivity (Wildman–Crippen MR) is 110 cm³/mol. The fourth-order valence-corrected chi connectivity index (χ4v) is 3.65. The zero-order valence-electron chi connectivity index (χ0n) is 15.6. The summed E-state index contributed by atoms with van der Waals surface area (Å²) in [6.45, 7) is 2.02. The molecule has 2 aliphatic rings. The summed E-state index contributed by atoms with van der Waals surface area (Å²) in [5, 5.41) is 1.26. The van der Waals surface area contributed by atoms with E-state index in [4.69, 9.17) is 9.47 Å². The van der Waals surface area contributed by atoms with Crippen molar-refractivity contribution in [2.24, 2.45) is 0 Å². The molecular weight excluding hydrogens is 364 g/mol. The van der Waals surface area contributed by atoms with Gasteiger partial charge < -0.3 is 9.47 Å². The van der Waals surface area contributed by atoms with Crippen molar-refractivity contribution in [3.05, 3.63) is 99.9 Å². The summed E-state index contributed by atoms with van der Waals surface area (Å²) in [6.07, 6.45) is 3.62. The minimum Gasteiger partial charge on any atom is -0.422 e. The molecule has 29 heavy (non-hydrogen) atoms. The van der Waals surface area contributed by atoms with Crippen LogP contribution in [0.4, 0.5) is 0 Å². The van der Waals surface area contributed by atoms with Gasteiger partial charge in [0.25, 0.3) is 0 Å². The summed E-state index contributed by atoms with van der Waals surface area (Å²) in [5.41, 5.74) is 3.81. The Bertz CT molecular complexity index is 1330. The van der Waals surface area contributed by atoms with E-state index in [0.29, 0.717) is 33.1 Å². The number of hydrogen-bond donors (Lipinski definition) is 0. The van der Waals surface area contributed by atoms with Crippen LogP contribution in [-0.4, -0.2) is 11.9 Å². The van der Waals surface area contributed by atoms with Gasteiger partial charge in [0.2, 0.25) is 0 Å². The molecule has 3 aromatic carbocycles. The van der Waals surface area contributed by atoms with E-state index in [0.717, 1.165) is 16.7 Å². The molecule has 0 bridgehead atoms. The van der Waals surface area contributed by atoms with Gasteiger partial charge in [-0.05, 0) is 36.3 Å². The second-order valence-corrected chi connectivity index (χ2v) is 7.03. The molecule has 0 amide bonds. The van der Waals surface area contributed by atoms with E-state index >= 15 is 0 Å². The first kappa shape index (κ1) is 17.2. The Kier molecular flexibility index (Phi) is 3.91. The van der Waals surface area contributed by atoms with Crippen LogP contribution in [0, 0.1) is 6.92 Å². The zero-order chi connectivity index (χ0) is 20.0. The highest BCUT2D eigenvalue weighted by Gasteiger charge is 2.28. The molecule has 0 saturated carbocycles. The summed E-state index contributed by atoms with van der Waals surface area (Å²) in [4.78, 5) is 24.9. The normalized spacial score (nSPS) is 14.8. The number of fused-ring (bicyclic) bond motifs is 2. The molecule has 0 saturated heterocycles. The number of hydrogen-bond acceptors (Lipinski definition) is 4. The molecule has 0 N–H and O–H groups in total. The first-order valence-electron chi connectivity index (χ1n) is 9.27. The average molecular weight is 380 g/mol. The maximum absolute atomic E-state index is 12.5. The van der Waals surface area contributed by atoms with Crippen molar-refractivity contribution in [1.29, 1.82) is 0 Å². The second kappa shape index (κ2) is 6.60. The third-order valence-corrected chi connectivity index (χ3v) is 5.02. The number of esters is 2. The molecule has 0 fully saturated rings. The number of benzene rings is 3. The standard InChI is InChI=1S/C25H16O4/c1-15-6-5-7-16(12-15)10-11-18-19-13-22-20(14-21(19)28-24(18)26)23(25(27)29-22)17-8-3-2-4-9-17/h2-14H,1H3. The lowest BCUT2D eigenvalue weighted by Gasteiger charge is -1.98. The Hall–Kier alpha value is -3.92.